The smallest absolute Gasteiger partial charge is 0.315 e. The van der Waals surface area contributed by atoms with Gasteiger partial charge in [0.2, 0.25) is 0 Å². The van der Waals surface area contributed by atoms with Gasteiger partial charge in [-0.3, -0.25) is 0 Å². The predicted molar refractivity (Wildman–Crippen MR) is 101 cm³/mol. The molecule has 0 aliphatic carbocycles. The molecule has 1 aromatic rings. The fourth-order valence-electron chi connectivity index (χ4n) is 3.54. The van der Waals surface area contributed by atoms with E-state index < -0.39 is 0 Å². The molecule has 1 fully saturated rings. The van der Waals surface area contributed by atoms with Gasteiger partial charge >= 0.3 is 6.03 Å². The highest BCUT2D eigenvalue weighted by molar-refractivity contribution is 5.74. The molecule has 1 aliphatic rings. The first-order valence-corrected chi connectivity index (χ1v) is 9.35. The normalized spacial score (nSPS) is 17.9. The van der Waals surface area contributed by atoms with E-state index in [9.17, 15) is 9.90 Å². The third-order valence-corrected chi connectivity index (χ3v) is 4.72. The number of aliphatic hydroxyl groups excluding tert-OH is 1. The number of nitrogens with one attached hydrogen (secondary N) is 2. The Morgan fingerprint density at radius 1 is 1.24 bits per heavy atom. The van der Waals surface area contributed by atoms with Crippen molar-refractivity contribution in [2.45, 2.75) is 52.2 Å². The molecule has 1 saturated heterocycles. The summed E-state index contributed by atoms with van der Waals surface area (Å²) in [4.78, 5) is 14.8. The van der Waals surface area contributed by atoms with Crippen LogP contribution in [0.1, 0.15) is 51.6 Å². The molecule has 1 aromatic carbocycles. The molecule has 3 N–H and O–H groups in total. The van der Waals surface area contributed by atoms with Crippen molar-refractivity contribution in [1.82, 2.24) is 15.5 Å². The van der Waals surface area contributed by atoms with Crippen LogP contribution in [0.25, 0.3) is 0 Å². The molecule has 0 saturated carbocycles. The number of carbonyl (C=O) groups is 1. The van der Waals surface area contributed by atoms with E-state index in [4.69, 9.17) is 0 Å². The van der Waals surface area contributed by atoms with E-state index in [2.05, 4.69) is 41.5 Å². The minimum Gasteiger partial charge on any atom is -0.393 e. The molecule has 1 heterocycles. The Balaban J connectivity index is 1.92. The highest BCUT2D eigenvalue weighted by atomic mass is 16.3. The lowest BCUT2D eigenvalue weighted by Gasteiger charge is -2.28. The highest BCUT2D eigenvalue weighted by Gasteiger charge is 2.23. The maximum Gasteiger partial charge on any atom is 0.315 e. The molecule has 2 unspecified atom stereocenters. The fraction of sp³-hybridized carbons (Fsp3) is 0.650. The van der Waals surface area contributed by atoms with Crippen LogP contribution in [0.5, 0.6) is 0 Å². The molecule has 0 bridgehead atoms. The molecular formula is C20H33N3O2. The van der Waals surface area contributed by atoms with Crippen molar-refractivity contribution in [3.63, 3.8) is 0 Å². The summed E-state index contributed by atoms with van der Waals surface area (Å²) < 4.78 is 0. The standard InChI is InChI=1S/C20H33N3O2/c1-16(24)13-20(2,3)15-21-19(25)22-18(14-23-11-7-8-12-23)17-9-5-4-6-10-17/h4-6,9-10,16,18,24H,7-8,11-15H2,1-3H3,(H2,21,22,25). The van der Waals surface area contributed by atoms with Crippen LogP contribution in [-0.4, -0.2) is 48.3 Å². The summed E-state index contributed by atoms with van der Waals surface area (Å²) in [5, 5.41) is 15.7. The van der Waals surface area contributed by atoms with Crippen molar-refractivity contribution >= 4 is 6.03 Å². The average molecular weight is 348 g/mol. The predicted octanol–water partition coefficient (Wildman–Crippen LogP) is 2.92. The molecule has 5 heteroatoms. The minimum absolute atomic E-state index is 0.0147. The summed E-state index contributed by atoms with van der Waals surface area (Å²) in [5.41, 5.74) is 0.996. The van der Waals surface area contributed by atoms with Gasteiger partial charge in [0.05, 0.1) is 12.1 Å². The van der Waals surface area contributed by atoms with Gasteiger partial charge in [0.15, 0.2) is 0 Å². The number of likely N-dealkylation sites (tertiary alicyclic amines) is 1. The molecular weight excluding hydrogens is 314 g/mol. The van der Waals surface area contributed by atoms with Gasteiger partial charge in [-0.1, -0.05) is 44.2 Å². The number of hydrogen-bond acceptors (Lipinski definition) is 3. The Morgan fingerprint density at radius 3 is 2.48 bits per heavy atom. The molecule has 1 aliphatic heterocycles. The average Bonchev–Trinajstić information content (AvgIpc) is 3.05. The van der Waals surface area contributed by atoms with E-state index in [1.54, 1.807) is 6.92 Å². The van der Waals surface area contributed by atoms with Gasteiger partial charge in [0, 0.05) is 13.1 Å². The molecule has 2 rings (SSSR count). The first-order valence-electron chi connectivity index (χ1n) is 9.35. The van der Waals surface area contributed by atoms with Crippen molar-refractivity contribution < 1.29 is 9.90 Å². The minimum atomic E-state index is -0.368. The SMILES string of the molecule is CC(O)CC(C)(C)CNC(=O)NC(CN1CCCC1)c1ccccc1. The van der Waals surface area contributed by atoms with Crippen LogP contribution in [0.4, 0.5) is 4.79 Å². The monoisotopic (exact) mass is 347 g/mol. The Labute approximate surface area is 151 Å². The maximum absolute atomic E-state index is 12.4. The number of benzene rings is 1. The van der Waals surface area contributed by atoms with Gasteiger partial charge in [0.1, 0.15) is 0 Å². The van der Waals surface area contributed by atoms with Gasteiger partial charge in [-0.25, -0.2) is 4.79 Å². The van der Waals surface area contributed by atoms with Gasteiger partial charge in [-0.15, -0.1) is 0 Å². The molecule has 0 radical (unpaired) electrons. The molecule has 2 amide bonds. The van der Waals surface area contributed by atoms with Crippen LogP contribution in [0.3, 0.4) is 0 Å². The Kier molecular flexibility index (Phi) is 7.26. The van der Waals surface area contributed by atoms with E-state index in [1.165, 1.54) is 12.8 Å². The van der Waals surface area contributed by atoms with Gasteiger partial charge in [-0.2, -0.15) is 0 Å². The van der Waals surface area contributed by atoms with Crippen molar-refractivity contribution in [3.05, 3.63) is 35.9 Å². The van der Waals surface area contributed by atoms with E-state index in [0.29, 0.717) is 13.0 Å². The summed E-state index contributed by atoms with van der Waals surface area (Å²) in [6, 6.07) is 9.99. The van der Waals surface area contributed by atoms with Crippen LogP contribution in [0, 0.1) is 5.41 Å². The van der Waals surface area contributed by atoms with Gasteiger partial charge in [-0.05, 0) is 50.3 Å². The number of urea groups is 1. The number of hydrogen-bond donors (Lipinski definition) is 3. The van der Waals surface area contributed by atoms with E-state index in [0.717, 1.165) is 25.2 Å². The van der Waals surface area contributed by atoms with Crippen LogP contribution in [-0.2, 0) is 0 Å². The number of carbonyl (C=O) groups excluding carboxylic acids is 1. The number of nitrogens with zero attached hydrogens (tertiary/aromatic N) is 1. The first kappa shape index (κ1) is 19.7. The lowest BCUT2D eigenvalue weighted by atomic mass is 9.87. The number of aliphatic hydroxyl groups is 1. The van der Waals surface area contributed by atoms with Crippen LogP contribution < -0.4 is 10.6 Å². The quantitative estimate of drug-likeness (QED) is 0.677. The van der Waals surface area contributed by atoms with Crippen molar-refractivity contribution in [1.29, 1.82) is 0 Å². The summed E-state index contributed by atoms with van der Waals surface area (Å²) in [5.74, 6) is 0. The molecule has 0 spiro atoms. The Morgan fingerprint density at radius 2 is 1.88 bits per heavy atom. The fourth-order valence-corrected chi connectivity index (χ4v) is 3.54. The highest BCUT2D eigenvalue weighted by Crippen LogP contribution is 2.21. The second-order valence-electron chi connectivity index (χ2n) is 8.02. The second kappa shape index (κ2) is 9.20. The third-order valence-electron chi connectivity index (χ3n) is 4.72. The largest absolute Gasteiger partial charge is 0.393 e. The second-order valence-corrected chi connectivity index (χ2v) is 8.02. The van der Waals surface area contributed by atoms with Crippen molar-refractivity contribution in [2.75, 3.05) is 26.2 Å². The summed E-state index contributed by atoms with van der Waals surface area (Å²) >= 11 is 0. The Hall–Kier alpha value is -1.59. The topological polar surface area (TPSA) is 64.6 Å². The van der Waals surface area contributed by atoms with Gasteiger partial charge < -0.3 is 20.6 Å². The van der Waals surface area contributed by atoms with Crippen LogP contribution in [0.2, 0.25) is 0 Å². The number of amides is 2. The molecule has 5 nitrogen and oxygen atoms in total. The summed E-state index contributed by atoms with van der Waals surface area (Å²) in [6.45, 7) is 9.48. The van der Waals surface area contributed by atoms with Crippen molar-refractivity contribution in [2.24, 2.45) is 5.41 Å². The maximum atomic E-state index is 12.4. The molecule has 0 aromatic heterocycles. The van der Waals surface area contributed by atoms with Crippen LogP contribution >= 0.6 is 0 Å². The molecule has 2 atom stereocenters. The summed E-state index contributed by atoms with van der Waals surface area (Å²) in [7, 11) is 0. The third kappa shape index (κ3) is 7.04. The van der Waals surface area contributed by atoms with E-state index in [-0.39, 0.29) is 23.6 Å². The summed E-state index contributed by atoms with van der Waals surface area (Å²) in [6.07, 6.45) is 2.76. The molecule has 25 heavy (non-hydrogen) atoms. The lowest BCUT2D eigenvalue weighted by molar-refractivity contribution is 0.128. The number of rotatable bonds is 8. The Bertz CT molecular complexity index is 525. The zero-order valence-corrected chi connectivity index (χ0v) is 15.8. The molecule has 140 valence electrons. The lowest BCUT2D eigenvalue weighted by Crippen LogP contribution is -2.45. The van der Waals surface area contributed by atoms with E-state index >= 15 is 0 Å². The first-order chi connectivity index (χ1) is 11.9. The van der Waals surface area contributed by atoms with Crippen LogP contribution in [0.15, 0.2) is 30.3 Å². The zero-order chi connectivity index (χ0) is 18.3. The van der Waals surface area contributed by atoms with Gasteiger partial charge in [0.25, 0.3) is 0 Å². The van der Waals surface area contributed by atoms with E-state index in [1.807, 2.05) is 18.2 Å². The van der Waals surface area contributed by atoms with Crippen molar-refractivity contribution in [3.8, 4) is 0 Å². The zero-order valence-electron chi connectivity index (χ0n) is 15.8.